The monoisotopic (exact) mass is 476 g/mol. The van der Waals surface area contributed by atoms with Crippen LogP contribution < -0.4 is 16.0 Å². The minimum Gasteiger partial charge on any atom is -0.354 e. The third kappa shape index (κ3) is 5.65. The van der Waals surface area contributed by atoms with Crippen molar-refractivity contribution in [2.75, 3.05) is 35.6 Å². The standard InChI is InChI=1S/C27H28N4O2.ClH/c1-3-31(4-2)18-24(32)28-20-14-16-21(17-15-20)29-26(19-10-6-5-7-11-19)25-22-12-8-9-13-23(22)30-27(25)33;/h5-17,29H,3-4,18H2,1-2H3,(H,28,32)(H,30,33);1H. The average Bonchev–Trinajstić information content (AvgIpc) is 3.18. The van der Waals surface area contributed by atoms with E-state index in [1.165, 1.54) is 0 Å². The maximum atomic E-state index is 12.9. The predicted octanol–water partition coefficient (Wildman–Crippen LogP) is 5.32. The number of benzene rings is 3. The Bertz CT molecular complexity index is 1170. The molecule has 1 aliphatic heterocycles. The van der Waals surface area contributed by atoms with Crippen LogP contribution >= 0.6 is 12.4 Å². The Morgan fingerprint density at radius 2 is 1.41 bits per heavy atom. The van der Waals surface area contributed by atoms with Gasteiger partial charge in [-0.05, 0) is 49.0 Å². The molecule has 3 aromatic rings. The zero-order valence-electron chi connectivity index (χ0n) is 19.3. The lowest BCUT2D eigenvalue weighted by Crippen LogP contribution is -2.32. The number of nitrogens with one attached hydrogen (secondary N) is 3. The molecule has 7 heteroatoms. The van der Waals surface area contributed by atoms with Gasteiger partial charge in [-0.3, -0.25) is 14.5 Å². The first-order chi connectivity index (χ1) is 16.1. The van der Waals surface area contributed by atoms with E-state index < -0.39 is 0 Å². The van der Waals surface area contributed by atoms with Crippen LogP contribution in [0.2, 0.25) is 0 Å². The summed E-state index contributed by atoms with van der Waals surface area (Å²) >= 11 is 0. The van der Waals surface area contributed by atoms with Gasteiger partial charge < -0.3 is 16.0 Å². The maximum absolute atomic E-state index is 12.9. The molecule has 0 aromatic heterocycles. The molecule has 0 atom stereocenters. The number of para-hydroxylation sites is 1. The third-order valence-corrected chi connectivity index (χ3v) is 5.68. The van der Waals surface area contributed by atoms with Gasteiger partial charge in [-0.2, -0.15) is 0 Å². The summed E-state index contributed by atoms with van der Waals surface area (Å²) in [5, 5.41) is 9.33. The lowest BCUT2D eigenvalue weighted by atomic mass is 10.00. The highest BCUT2D eigenvalue weighted by atomic mass is 35.5. The van der Waals surface area contributed by atoms with Gasteiger partial charge in [0.15, 0.2) is 0 Å². The number of hydrogen-bond donors (Lipinski definition) is 3. The molecule has 3 N–H and O–H groups in total. The zero-order chi connectivity index (χ0) is 23.2. The van der Waals surface area contributed by atoms with Gasteiger partial charge in [0.1, 0.15) is 0 Å². The minimum absolute atomic E-state index is 0. The highest BCUT2D eigenvalue weighted by Crippen LogP contribution is 2.37. The number of hydrogen-bond acceptors (Lipinski definition) is 4. The minimum atomic E-state index is -0.136. The van der Waals surface area contributed by atoms with E-state index in [0.29, 0.717) is 12.1 Å². The van der Waals surface area contributed by atoms with E-state index in [9.17, 15) is 9.59 Å². The van der Waals surface area contributed by atoms with Crippen LogP contribution in [0.5, 0.6) is 0 Å². The summed E-state index contributed by atoms with van der Waals surface area (Å²) in [7, 11) is 0. The van der Waals surface area contributed by atoms with Crippen molar-refractivity contribution >= 4 is 52.6 Å². The van der Waals surface area contributed by atoms with Crippen LogP contribution in [-0.2, 0) is 9.59 Å². The van der Waals surface area contributed by atoms with E-state index in [4.69, 9.17) is 0 Å². The van der Waals surface area contributed by atoms with Crippen LogP contribution in [0.25, 0.3) is 11.3 Å². The van der Waals surface area contributed by atoms with Crippen molar-refractivity contribution in [1.29, 1.82) is 0 Å². The van der Waals surface area contributed by atoms with Gasteiger partial charge in [0.05, 0.1) is 17.8 Å². The van der Waals surface area contributed by atoms with Gasteiger partial charge in [0.2, 0.25) is 5.91 Å². The second-order valence-electron chi connectivity index (χ2n) is 7.83. The molecular weight excluding hydrogens is 448 g/mol. The summed E-state index contributed by atoms with van der Waals surface area (Å²) in [6.45, 7) is 6.12. The quantitative estimate of drug-likeness (QED) is 0.385. The normalized spacial score (nSPS) is 13.6. The number of fused-ring (bicyclic) bond motifs is 1. The third-order valence-electron chi connectivity index (χ3n) is 5.68. The fraction of sp³-hybridized carbons (Fsp3) is 0.185. The van der Waals surface area contributed by atoms with Crippen LogP contribution in [0.1, 0.15) is 25.0 Å². The number of nitrogens with zero attached hydrogens (tertiary/aromatic N) is 1. The van der Waals surface area contributed by atoms with Crippen LogP contribution in [0, 0.1) is 0 Å². The van der Waals surface area contributed by atoms with E-state index in [0.717, 1.165) is 47.0 Å². The molecule has 34 heavy (non-hydrogen) atoms. The zero-order valence-corrected chi connectivity index (χ0v) is 20.1. The molecular formula is C27H29ClN4O2. The largest absolute Gasteiger partial charge is 0.354 e. The molecule has 0 spiro atoms. The lowest BCUT2D eigenvalue weighted by Gasteiger charge is -2.17. The maximum Gasteiger partial charge on any atom is 0.258 e. The van der Waals surface area contributed by atoms with Crippen molar-refractivity contribution in [3.8, 4) is 0 Å². The predicted molar refractivity (Wildman–Crippen MR) is 142 cm³/mol. The summed E-state index contributed by atoms with van der Waals surface area (Å²) in [4.78, 5) is 27.2. The Kier molecular flexibility index (Phi) is 8.46. The number of carbonyl (C=O) groups excluding carboxylic acids is 2. The highest BCUT2D eigenvalue weighted by Gasteiger charge is 2.28. The van der Waals surface area contributed by atoms with Gasteiger partial charge in [-0.15, -0.1) is 12.4 Å². The Labute approximate surface area is 206 Å². The number of halogens is 1. The van der Waals surface area contributed by atoms with Gasteiger partial charge >= 0.3 is 0 Å². The SMILES string of the molecule is CCN(CC)CC(=O)Nc1ccc(NC(=C2C(=O)Nc3ccccc32)c2ccccc2)cc1.Cl. The first-order valence-corrected chi connectivity index (χ1v) is 11.2. The van der Waals surface area contributed by atoms with Gasteiger partial charge in [-0.25, -0.2) is 0 Å². The van der Waals surface area contributed by atoms with Crippen molar-refractivity contribution in [1.82, 2.24) is 4.90 Å². The number of likely N-dealkylation sites (N-methyl/N-ethyl adjacent to an activating group) is 1. The molecule has 1 heterocycles. The molecule has 3 aromatic carbocycles. The van der Waals surface area contributed by atoms with E-state index >= 15 is 0 Å². The fourth-order valence-corrected chi connectivity index (χ4v) is 3.88. The number of amides is 2. The molecule has 0 fully saturated rings. The Morgan fingerprint density at radius 3 is 2.06 bits per heavy atom. The van der Waals surface area contributed by atoms with E-state index in [1.807, 2.05) is 92.7 Å². The Hall–Kier alpha value is -3.61. The van der Waals surface area contributed by atoms with Crippen LogP contribution in [0.4, 0.5) is 17.1 Å². The molecule has 0 aliphatic carbocycles. The first-order valence-electron chi connectivity index (χ1n) is 11.2. The molecule has 6 nitrogen and oxygen atoms in total. The van der Waals surface area contributed by atoms with Crippen molar-refractivity contribution in [3.05, 3.63) is 90.0 Å². The van der Waals surface area contributed by atoms with Crippen molar-refractivity contribution in [2.24, 2.45) is 0 Å². The molecule has 4 rings (SSSR count). The summed E-state index contributed by atoms with van der Waals surface area (Å²) in [6.07, 6.45) is 0. The number of anilines is 3. The van der Waals surface area contributed by atoms with Crippen molar-refractivity contribution in [3.63, 3.8) is 0 Å². The Balaban J connectivity index is 0.00000324. The van der Waals surface area contributed by atoms with Gasteiger partial charge in [0.25, 0.3) is 5.91 Å². The number of carbonyl (C=O) groups is 2. The van der Waals surface area contributed by atoms with Crippen LogP contribution in [-0.4, -0.2) is 36.3 Å². The molecule has 176 valence electrons. The molecule has 0 saturated carbocycles. The number of rotatable bonds is 8. The Morgan fingerprint density at radius 1 is 0.824 bits per heavy atom. The van der Waals surface area contributed by atoms with Crippen LogP contribution in [0.15, 0.2) is 78.9 Å². The molecule has 0 radical (unpaired) electrons. The molecule has 0 saturated heterocycles. The van der Waals surface area contributed by atoms with E-state index in [-0.39, 0.29) is 24.2 Å². The first kappa shape index (κ1) is 25.0. The molecule has 0 bridgehead atoms. The average molecular weight is 477 g/mol. The van der Waals surface area contributed by atoms with E-state index in [2.05, 4.69) is 20.9 Å². The summed E-state index contributed by atoms with van der Waals surface area (Å²) < 4.78 is 0. The summed E-state index contributed by atoms with van der Waals surface area (Å²) in [6, 6.07) is 25.0. The molecule has 1 aliphatic rings. The fourth-order valence-electron chi connectivity index (χ4n) is 3.88. The van der Waals surface area contributed by atoms with E-state index in [1.54, 1.807) is 0 Å². The van der Waals surface area contributed by atoms with Crippen molar-refractivity contribution in [2.45, 2.75) is 13.8 Å². The molecule has 0 unspecified atom stereocenters. The second kappa shape index (κ2) is 11.5. The topological polar surface area (TPSA) is 73.5 Å². The van der Waals surface area contributed by atoms with Crippen LogP contribution in [0.3, 0.4) is 0 Å². The van der Waals surface area contributed by atoms with Gasteiger partial charge in [0, 0.05) is 22.6 Å². The summed E-state index contributed by atoms with van der Waals surface area (Å²) in [5.74, 6) is -0.173. The highest BCUT2D eigenvalue weighted by molar-refractivity contribution is 6.37. The van der Waals surface area contributed by atoms with Gasteiger partial charge in [-0.1, -0.05) is 62.4 Å². The smallest absolute Gasteiger partial charge is 0.258 e. The molecule has 2 amide bonds. The summed E-state index contributed by atoms with van der Waals surface area (Å²) in [5.41, 5.74) is 5.48. The second-order valence-corrected chi connectivity index (χ2v) is 7.83. The lowest BCUT2D eigenvalue weighted by molar-refractivity contribution is -0.117. The van der Waals surface area contributed by atoms with Crippen molar-refractivity contribution < 1.29 is 9.59 Å².